The van der Waals surface area contributed by atoms with Crippen molar-refractivity contribution in [1.29, 1.82) is 0 Å². The van der Waals surface area contributed by atoms with Gasteiger partial charge < -0.3 is 9.94 Å². The summed E-state index contributed by atoms with van der Waals surface area (Å²) in [6.45, 7) is -0.282. The van der Waals surface area contributed by atoms with E-state index in [9.17, 15) is 15.2 Å². The Kier molecular flexibility index (Phi) is 6.05. The van der Waals surface area contributed by atoms with E-state index in [1.807, 2.05) is 30.3 Å². The first-order valence-electron chi connectivity index (χ1n) is 4.48. The van der Waals surface area contributed by atoms with Gasteiger partial charge in [0.2, 0.25) is 0 Å². The lowest BCUT2D eigenvalue weighted by atomic mass is 10.4. The second-order valence-corrected chi connectivity index (χ2v) is 5.27. The van der Waals surface area contributed by atoms with Crippen LogP contribution < -0.4 is 0 Å². The third-order valence-corrected chi connectivity index (χ3v) is 3.97. The van der Waals surface area contributed by atoms with Gasteiger partial charge in [-0.15, -0.1) is 10.1 Å². The fraction of sp³-hybridized carbons (Fsp3) is 0.333. The number of hydrogen-bond donors (Lipinski definition) is 1. The molecule has 5 nitrogen and oxygen atoms in total. The number of hydrogen-bond acceptors (Lipinski definition) is 6. The van der Waals surface area contributed by atoms with Gasteiger partial charge in [-0.2, -0.15) is 0 Å². The summed E-state index contributed by atoms with van der Waals surface area (Å²) in [5.74, 6) is 0.382. The van der Waals surface area contributed by atoms with Crippen molar-refractivity contribution in [3.63, 3.8) is 0 Å². The molecule has 1 unspecified atom stereocenters. The molecule has 0 aliphatic rings. The van der Waals surface area contributed by atoms with Crippen molar-refractivity contribution in [3.8, 4) is 0 Å². The molecule has 1 aromatic carbocycles. The van der Waals surface area contributed by atoms with Gasteiger partial charge >= 0.3 is 0 Å². The quantitative estimate of drug-likeness (QED) is 0.460. The molecule has 0 spiro atoms. The van der Waals surface area contributed by atoms with Gasteiger partial charge in [0.25, 0.3) is 5.09 Å². The molecule has 0 amide bonds. The summed E-state index contributed by atoms with van der Waals surface area (Å²) < 4.78 is 0. The third-order valence-electron chi connectivity index (χ3n) is 1.53. The Labute approximate surface area is 101 Å². The number of aliphatic hydroxyl groups is 1. The van der Waals surface area contributed by atoms with Crippen LogP contribution in [-0.4, -0.2) is 28.7 Å². The zero-order chi connectivity index (χ0) is 11.8. The predicted octanol–water partition coefficient (Wildman–Crippen LogP) is 2.00. The zero-order valence-corrected chi connectivity index (χ0v) is 9.95. The summed E-state index contributed by atoms with van der Waals surface area (Å²) in [6, 6.07) is 9.69. The van der Waals surface area contributed by atoms with Gasteiger partial charge in [0.05, 0.1) is 6.10 Å². The van der Waals surface area contributed by atoms with E-state index in [2.05, 4.69) is 4.84 Å². The van der Waals surface area contributed by atoms with Crippen LogP contribution in [0.25, 0.3) is 0 Å². The molecule has 16 heavy (non-hydrogen) atoms. The van der Waals surface area contributed by atoms with E-state index in [1.165, 1.54) is 21.6 Å². The number of nitrogens with zero attached hydrogens (tertiary/aromatic N) is 1. The van der Waals surface area contributed by atoms with Crippen molar-refractivity contribution in [2.75, 3.05) is 12.4 Å². The van der Waals surface area contributed by atoms with Crippen LogP contribution in [0.3, 0.4) is 0 Å². The standard InChI is InChI=1S/C9H11NO4S2/c11-8(6-14-10(12)13)7-15-16-9-4-2-1-3-5-9/h1-5,8,11H,6-7H2. The van der Waals surface area contributed by atoms with Crippen molar-refractivity contribution in [2.45, 2.75) is 11.0 Å². The molecule has 1 rings (SSSR count). The van der Waals surface area contributed by atoms with E-state index in [0.29, 0.717) is 5.75 Å². The molecule has 0 saturated carbocycles. The summed E-state index contributed by atoms with van der Waals surface area (Å²) >= 11 is 0. The molecule has 0 aliphatic heterocycles. The van der Waals surface area contributed by atoms with Crippen LogP contribution in [0.2, 0.25) is 0 Å². The number of benzene rings is 1. The Hall–Kier alpha value is -0.920. The molecule has 1 atom stereocenters. The van der Waals surface area contributed by atoms with E-state index in [-0.39, 0.29) is 6.61 Å². The summed E-state index contributed by atoms with van der Waals surface area (Å²) in [6.07, 6.45) is -0.827. The molecule has 0 heterocycles. The van der Waals surface area contributed by atoms with E-state index in [1.54, 1.807) is 0 Å². The molecule has 0 aliphatic carbocycles. The summed E-state index contributed by atoms with van der Waals surface area (Å²) in [7, 11) is 2.94. The molecule has 0 aromatic heterocycles. The fourth-order valence-corrected chi connectivity index (χ4v) is 2.99. The van der Waals surface area contributed by atoms with Gasteiger partial charge in [0.15, 0.2) is 0 Å². The molecular formula is C9H11NO4S2. The predicted molar refractivity (Wildman–Crippen MR) is 63.7 cm³/mol. The van der Waals surface area contributed by atoms with Gasteiger partial charge in [-0.1, -0.05) is 39.8 Å². The molecule has 0 saturated heterocycles. The van der Waals surface area contributed by atoms with Crippen LogP contribution >= 0.6 is 21.6 Å². The van der Waals surface area contributed by atoms with Gasteiger partial charge in [0, 0.05) is 10.6 Å². The SMILES string of the molecule is O=[N+]([O-])OCC(O)CSSc1ccccc1. The minimum atomic E-state index is -0.905. The van der Waals surface area contributed by atoms with Crippen LogP contribution in [0.15, 0.2) is 35.2 Å². The largest absolute Gasteiger partial charge is 0.390 e. The summed E-state index contributed by atoms with van der Waals surface area (Å²) in [5.41, 5.74) is 0. The van der Waals surface area contributed by atoms with Crippen LogP contribution in [0.5, 0.6) is 0 Å². The second kappa shape index (κ2) is 7.37. The summed E-state index contributed by atoms with van der Waals surface area (Å²) in [5, 5.41) is 18.3. The fourth-order valence-electron chi connectivity index (χ4n) is 0.852. The van der Waals surface area contributed by atoms with Crippen molar-refractivity contribution in [2.24, 2.45) is 0 Å². The Morgan fingerprint density at radius 2 is 2.12 bits per heavy atom. The zero-order valence-electron chi connectivity index (χ0n) is 8.31. The first-order chi connectivity index (χ1) is 7.68. The van der Waals surface area contributed by atoms with Crippen LogP contribution in [0.1, 0.15) is 0 Å². The Balaban J connectivity index is 2.13. The molecule has 0 radical (unpaired) electrons. The van der Waals surface area contributed by atoms with Crippen molar-refractivity contribution in [1.82, 2.24) is 0 Å². The minimum Gasteiger partial charge on any atom is -0.390 e. The highest BCUT2D eigenvalue weighted by Crippen LogP contribution is 2.30. The average molecular weight is 261 g/mol. The Morgan fingerprint density at radius 1 is 1.44 bits per heavy atom. The van der Waals surface area contributed by atoms with E-state index in [4.69, 9.17) is 0 Å². The molecule has 7 heteroatoms. The van der Waals surface area contributed by atoms with Crippen LogP contribution in [0.4, 0.5) is 0 Å². The smallest absolute Gasteiger partial charge is 0.294 e. The highest BCUT2D eigenvalue weighted by molar-refractivity contribution is 8.76. The number of rotatable bonds is 7. The molecule has 0 fully saturated rings. The molecular weight excluding hydrogens is 250 g/mol. The Bertz CT molecular complexity index is 323. The second-order valence-electron chi connectivity index (χ2n) is 2.85. The minimum absolute atomic E-state index is 0.282. The first-order valence-corrected chi connectivity index (χ1v) is 6.80. The maximum Gasteiger partial charge on any atom is 0.294 e. The van der Waals surface area contributed by atoms with E-state index >= 15 is 0 Å². The first kappa shape index (κ1) is 13.1. The maximum absolute atomic E-state index is 9.86. The van der Waals surface area contributed by atoms with Crippen LogP contribution in [-0.2, 0) is 4.84 Å². The topological polar surface area (TPSA) is 72.6 Å². The lowest BCUT2D eigenvalue weighted by Gasteiger charge is -2.07. The number of aliphatic hydroxyl groups excluding tert-OH is 1. The lowest BCUT2D eigenvalue weighted by Crippen LogP contribution is -2.19. The van der Waals surface area contributed by atoms with E-state index in [0.717, 1.165) is 4.90 Å². The molecule has 88 valence electrons. The highest BCUT2D eigenvalue weighted by atomic mass is 33.1. The van der Waals surface area contributed by atoms with Crippen LogP contribution in [0, 0.1) is 10.1 Å². The Morgan fingerprint density at radius 3 is 2.75 bits per heavy atom. The lowest BCUT2D eigenvalue weighted by molar-refractivity contribution is -0.759. The normalized spacial score (nSPS) is 12.1. The summed E-state index contributed by atoms with van der Waals surface area (Å²) in [4.78, 5) is 15.0. The highest BCUT2D eigenvalue weighted by Gasteiger charge is 2.07. The van der Waals surface area contributed by atoms with Gasteiger partial charge in [0.1, 0.15) is 6.61 Å². The average Bonchev–Trinajstić information content (AvgIpc) is 2.28. The van der Waals surface area contributed by atoms with Crippen molar-refractivity contribution in [3.05, 3.63) is 40.4 Å². The van der Waals surface area contributed by atoms with E-state index < -0.39 is 11.2 Å². The van der Waals surface area contributed by atoms with Crippen molar-refractivity contribution < 1.29 is 15.0 Å². The van der Waals surface area contributed by atoms with Gasteiger partial charge in [-0.25, -0.2) is 0 Å². The van der Waals surface area contributed by atoms with Gasteiger partial charge in [-0.05, 0) is 12.1 Å². The third kappa shape index (κ3) is 5.84. The van der Waals surface area contributed by atoms with Crippen molar-refractivity contribution >= 4 is 21.6 Å². The molecule has 1 N–H and O–H groups in total. The molecule has 1 aromatic rings. The maximum atomic E-state index is 9.86. The van der Waals surface area contributed by atoms with Gasteiger partial charge in [-0.3, -0.25) is 0 Å². The molecule has 0 bridgehead atoms. The monoisotopic (exact) mass is 261 g/mol.